The molecule has 102 valence electrons. The first kappa shape index (κ1) is 16.7. The molecule has 0 aromatic heterocycles. The van der Waals surface area contributed by atoms with Gasteiger partial charge in [-0.15, -0.1) is 12.4 Å². The van der Waals surface area contributed by atoms with Gasteiger partial charge in [-0.2, -0.15) is 0 Å². The number of hydrogen-bond donors (Lipinski definition) is 1. The molecule has 0 aromatic carbocycles. The Morgan fingerprint density at radius 1 is 1.35 bits per heavy atom. The van der Waals surface area contributed by atoms with Crippen molar-refractivity contribution in [2.75, 3.05) is 32.8 Å². The Hall–Kier alpha value is -0.320. The van der Waals surface area contributed by atoms with Gasteiger partial charge in [0.15, 0.2) is 0 Å². The van der Waals surface area contributed by atoms with E-state index in [4.69, 9.17) is 10.5 Å². The number of carbonyl (C=O) groups excluding carboxylic acids is 1. The number of halogens is 1. The lowest BCUT2D eigenvalue weighted by Gasteiger charge is -2.38. The van der Waals surface area contributed by atoms with Crippen LogP contribution in [-0.4, -0.2) is 43.7 Å². The van der Waals surface area contributed by atoms with Crippen LogP contribution in [-0.2, 0) is 9.53 Å². The third-order valence-electron chi connectivity index (χ3n) is 3.46. The predicted octanol–water partition coefficient (Wildman–Crippen LogP) is 1.42. The summed E-state index contributed by atoms with van der Waals surface area (Å²) in [4.78, 5) is 14.4. The number of hydrogen-bond acceptors (Lipinski definition) is 3. The molecule has 0 saturated carbocycles. The monoisotopic (exact) mass is 264 g/mol. The van der Waals surface area contributed by atoms with Gasteiger partial charge in [0.2, 0.25) is 5.91 Å². The van der Waals surface area contributed by atoms with Crippen molar-refractivity contribution in [3.63, 3.8) is 0 Å². The van der Waals surface area contributed by atoms with Crippen molar-refractivity contribution < 1.29 is 9.53 Å². The van der Waals surface area contributed by atoms with Crippen LogP contribution in [0.25, 0.3) is 0 Å². The van der Waals surface area contributed by atoms with Crippen LogP contribution in [0.3, 0.4) is 0 Å². The summed E-state index contributed by atoms with van der Waals surface area (Å²) < 4.78 is 5.32. The molecular formula is C12H25ClN2O2. The number of carbonyl (C=O) groups is 1. The average Bonchev–Trinajstić information content (AvgIpc) is 2.36. The van der Waals surface area contributed by atoms with E-state index in [0.29, 0.717) is 19.8 Å². The Bertz CT molecular complexity index is 231. The van der Waals surface area contributed by atoms with Crippen molar-refractivity contribution in [1.29, 1.82) is 0 Å². The summed E-state index contributed by atoms with van der Waals surface area (Å²) in [5.74, 6) is 0.225. The van der Waals surface area contributed by atoms with Gasteiger partial charge in [-0.05, 0) is 26.2 Å². The maximum absolute atomic E-state index is 12.5. The van der Waals surface area contributed by atoms with Crippen LogP contribution in [0.4, 0.5) is 0 Å². The smallest absolute Gasteiger partial charge is 0.230 e. The topological polar surface area (TPSA) is 55.6 Å². The summed E-state index contributed by atoms with van der Waals surface area (Å²) in [5, 5.41) is 0. The van der Waals surface area contributed by atoms with Crippen molar-refractivity contribution in [2.45, 2.75) is 33.1 Å². The van der Waals surface area contributed by atoms with Crippen molar-refractivity contribution in [1.82, 2.24) is 4.90 Å². The minimum atomic E-state index is -0.358. The summed E-state index contributed by atoms with van der Waals surface area (Å²) in [6.45, 7) is 7.48. The van der Waals surface area contributed by atoms with Crippen molar-refractivity contribution in [3.05, 3.63) is 0 Å². The summed E-state index contributed by atoms with van der Waals surface area (Å²) in [6.07, 6.45) is 2.53. The summed E-state index contributed by atoms with van der Waals surface area (Å²) >= 11 is 0. The molecule has 1 aliphatic rings. The van der Waals surface area contributed by atoms with E-state index >= 15 is 0 Å². The van der Waals surface area contributed by atoms with Gasteiger partial charge >= 0.3 is 0 Å². The zero-order valence-corrected chi connectivity index (χ0v) is 11.7. The van der Waals surface area contributed by atoms with Crippen LogP contribution in [0.15, 0.2) is 0 Å². The van der Waals surface area contributed by atoms with E-state index in [0.717, 1.165) is 32.4 Å². The standard InChI is InChI=1S/C12H24N2O2.ClH/c1-3-7-14(4-2)11(15)12(10-13)5-8-16-9-6-12;/h3-10,13H2,1-2H3;1H. The van der Waals surface area contributed by atoms with Crippen LogP contribution in [0.1, 0.15) is 33.1 Å². The highest BCUT2D eigenvalue weighted by Gasteiger charge is 2.40. The van der Waals surface area contributed by atoms with Gasteiger partial charge < -0.3 is 15.4 Å². The number of ether oxygens (including phenoxy) is 1. The third kappa shape index (κ3) is 3.83. The Morgan fingerprint density at radius 3 is 2.35 bits per heavy atom. The van der Waals surface area contributed by atoms with E-state index < -0.39 is 0 Å². The molecule has 0 aromatic rings. The van der Waals surface area contributed by atoms with E-state index in [9.17, 15) is 4.79 Å². The zero-order valence-electron chi connectivity index (χ0n) is 10.9. The van der Waals surface area contributed by atoms with E-state index in [1.807, 2.05) is 11.8 Å². The fourth-order valence-corrected chi connectivity index (χ4v) is 2.28. The number of nitrogens with zero attached hydrogens (tertiary/aromatic N) is 1. The highest BCUT2D eigenvalue weighted by atomic mass is 35.5. The van der Waals surface area contributed by atoms with Gasteiger partial charge in [-0.25, -0.2) is 0 Å². The molecule has 0 unspecified atom stereocenters. The molecule has 5 heteroatoms. The Balaban J connectivity index is 0.00000256. The Kier molecular flexibility index (Phi) is 7.75. The molecule has 1 saturated heterocycles. The first-order chi connectivity index (χ1) is 7.70. The lowest BCUT2D eigenvalue weighted by molar-refractivity contribution is -0.147. The minimum absolute atomic E-state index is 0. The molecule has 0 bridgehead atoms. The fourth-order valence-electron chi connectivity index (χ4n) is 2.28. The molecule has 1 amide bonds. The second-order valence-corrected chi connectivity index (χ2v) is 4.48. The lowest BCUT2D eigenvalue weighted by Crippen LogP contribution is -2.51. The van der Waals surface area contributed by atoms with Crippen molar-refractivity contribution >= 4 is 18.3 Å². The Labute approximate surface area is 110 Å². The highest BCUT2D eigenvalue weighted by Crippen LogP contribution is 2.31. The minimum Gasteiger partial charge on any atom is -0.381 e. The molecule has 17 heavy (non-hydrogen) atoms. The number of nitrogens with two attached hydrogens (primary N) is 1. The first-order valence-electron chi connectivity index (χ1n) is 6.27. The second-order valence-electron chi connectivity index (χ2n) is 4.48. The van der Waals surface area contributed by atoms with E-state index in [1.165, 1.54) is 0 Å². The van der Waals surface area contributed by atoms with Crippen LogP contribution in [0.2, 0.25) is 0 Å². The molecule has 1 fully saturated rings. The molecule has 4 nitrogen and oxygen atoms in total. The third-order valence-corrected chi connectivity index (χ3v) is 3.46. The molecular weight excluding hydrogens is 240 g/mol. The molecule has 1 aliphatic heterocycles. The first-order valence-corrected chi connectivity index (χ1v) is 6.27. The van der Waals surface area contributed by atoms with Gasteiger partial charge in [0.25, 0.3) is 0 Å². The highest BCUT2D eigenvalue weighted by molar-refractivity contribution is 5.85. The molecule has 0 atom stereocenters. The van der Waals surface area contributed by atoms with E-state index in [2.05, 4.69) is 6.92 Å². The van der Waals surface area contributed by atoms with Gasteiger partial charge in [-0.3, -0.25) is 4.79 Å². The van der Waals surface area contributed by atoms with Crippen molar-refractivity contribution in [3.8, 4) is 0 Å². The average molecular weight is 265 g/mol. The molecule has 0 aliphatic carbocycles. The largest absolute Gasteiger partial charge is 0.381 e. The number of amides is 1. The maximum atomic E-state index is 12.5. The summed E-state index contributed by atoms with van der Waals surface area (Å²) in [5.41, 5.74) is 5.47. The van der Waals surface area contributed by atoms with Gasteiger partial charge in [0, 0.05) is 32.8 Å². The van der Waals surface area contributed by atoms with Gasteiger partial charge in [0.1, 0.15) is 0 Å². The molecule has 0 radical (unpaired) electrons. The predicted molar refractivity (Wildman–Crippen MR) is 71.3 cm³/mol. The van der Waals surface area contributed by atoms with E-state index in [-0.39, 0.29) is 23.7 Å². The number of rotatable bonds is 5. The Morgan fingerprint density at radius 2 is 1.94 bits per heavy atom. The molecule has 0 spiro atoms. The zero-order chi connectivity index (χ0) is 12.0. The van der Waals surface area contributed by atoms with Crippen LogP contribution in [0, 0.1) is 5.41 Å². The lowest BCUT2D eigenvalue weighted by atomic mass is 9.79. The molecule has 1 heterocycles. The van der Waals surface area contributed by atoms with Gasteiger partial charge in [0.05, 0.1) is 5.41 Å². The maximum Gasteiger partial charge on any atom is 0.230 e. The summed E-state index contributed by atoms with van der Waals surface area (Å²) in [6, 6.07) is 0. The molecule has 1 rings (SSSR count). The van der Waals surface area contributed by atoms with Crippen molar-refractivity contribution in [2.24, 2.45) is 11.1 Å². The quantitative estimate of drug-likeness (QED) is 0.817. The van der Waals surface area contributed by atoms with Crippen LogP contribution < -0.4 is 5.73 Å². The van der Waals surface area contributed by atoms with E-state index in [1.54, 1.807) is 0 Å². The van der Waals surface area contributed by atoms with Crippen LogP contribution in [0.5, 0.6) is 0 Å². The SMILES string of the molecule is CCCN(CC)C(=O)C1(CN)CCOCC1.Cl. The summed E-state index contributed by atoms with van der Waals surface area (Å²) in [7, 11) is 0. The fraction of sp³-hybridized carbons (Fsp3) is 0.917. The van der Waals surface area contributed by atoms with Gasteiger partial charge in [-0.1, -0.05) is 6.92 Å². The second kappa shape index (κ2) is 7.90. The van der Waals surface area contributed by atoms with Crippen LogP contribution >= 0.6 is 12.4 Å². The molecule has 2 N–H and O–H groups in total. The normalized spacial score (nSPS) is 18.3.